The molecule has 98 valence electrons. The predicted molar refractivity (Wildman–Crippen MR) is 72.5 cm³/mol. The summed E-state index contributed by atoms with van der Waals surface area (Å²) in [5.41, 5.74) is 7.97. The van der Waals surface area contributed by atoms with E-state index in [1.54, 1.807) is 0 Å². The van der Waals surface area contributed by atoms with E-state index in [2.05, 4.69) is 11.9 Å². The highest BCUT2D eigenvalue weighted by Gasteiger charge is 2.23. The minimum absolute atomic E-state index is 0.601. The first kappa shape index (κ1) is 11.5. The van der Waals surface area contributed by atoms with Gasteiger partial charge in [0, 0.05) is 25.2 Å². The Hall–Kier alpha value is -1.58. The van der Waals surface area contributed by atoms with Gasteiger partial charge >= 0.3 is 0 Å². The summed E-state index contributed by atoms with van der Waals surface area (Å²) >= 11 is 0. The lowest BCUT2D eigenvalue weighted by Gasteiger charge is -2.29. The second-order valence-corrected chi connectivity index (χ2v) is 5.10. The molecule has 0 atom stereocenters. The van der Waals surface area contributed by atoms with Gasteiger partial charge in [0.25, 0.3) is 0 Å². The molecule has 1 aromatic rings. The van der Waals surface area contributed by atoms with Crippen LogP contribution >= 0.6 is 0 Å². The second-order valence-electron chi connectivity index (χ2n) is 5.10. The van der Waals surface area contributed by atoms with E-state index in [0.29, 0.717) is 19.3 Å². The normalized spacial score (nSPS) is 18.9. The molecule has 0 unspecified atom stereocenters. The first-order chi connectivity index (χ1) is 8.75. The highest BCUT2D eigenvalue weighted by Crippen LogP contribution is 2.40. The van der Waals surface area contributed by atoms with E-state index < -0.39 is 0 Å². The maximum atomic E-state index is 6.14. The standard InChI is InChI=1S/C14H20N2O2/c1-16(10-4-2-3-5-10)12-9-14-13(8-11(12)15)17-6-7-18-14/h8-10H,2-7,15H2,1H3. The molecule has 0 aromatic heterocycles. The molecule has 1 aromatic carbocycles. The van der Waals surface area contributed by atoms with Gasteiger partial charge in [-0.3, -0.25) is 0 Å². The van der Waals surface area contributed by atoms with Crippen molar-refractivity contribution in [3.05, 3.63) is 12.1 Å². The Morgan fingerprint density at radius 1 is 1.11 bits per heavy atom. The molecule has 0 spiro atoms. The van der Waals surface area contributed by atoms with E-state index >= 15 is 0 Å². The van der Waals surface area contributed by atoms with Crippen LogP contribution in [0.1, 0.15) is 25.7 Å². The average molecular weight is 248 g/mol. The highest BCUT2D eigenvalue weighted by molar-refractivity contribution is 5.73. The number of anilines is 2. The molecule has 0 radical (unpaired) electrons. The Morgan fingerprint density at radius 3 is 2.39 bits per heavy atom. The Morgan fingerprint density at radius 2 is 1.72 bits per heavy atom. The van der Waals surface area contributed by atoms with Crippen molar-refractivity contribution in [2.75, 3.05) is 30.9 Å². The topological polar surface area (TPSA) is 47.7 Å². The number of hydrogen-bond acceptors (Lipinski definition) is 4. The molecular formula is C14H20N2O2. The van der Waals surface area contributed by atoms with Gasteiger partial charge in [0.1, 0.15) is 13.2 Å². The van der Waals surface area contributed by atoms with Gasteiger partial charge in [-0.2, -0.15) is 0 Å². The third kappa shape index (κ3) is 1.96. The van der Waals surface area contributed by atoms with Gasteiger partial charge in [-0.15, -0.1) is 0 Å². The van der Waals surface area contributed by atoms with Gasteiger partial charge in [0.15, 0.2) is 11.5 Å². The van der Waals surface area contributed by atoms with Crippen LogP contribution < -0.4 is 20.1 Å². The van der Waals surface area contributed by atoms with Crippen LogP contribution in [-0.2, 0) is 0 Å². The number of hydrogen-bond donors (Lipinski definition) is 1. The first-order valence-electron chi connectivity index (χ1n) is 6.67. The molecule has 18 heavy (non-hydrogen) atoms. The minimum Gasteiger partial charge on any atom is -0.486 e. The summed E-state index contributed by atoms with van der Waals surface area (Å²) in [6.45, 7) is 1.22. The number of ether oxygens (including phenoxy) is 2. The summed E-state index contributed by atoms with van der Waals surface area (Å²) < 4.78 is 11.2. The molecule has 1 aliphatic heterocycles. The number of benzene rings is 1. The maximum Gasteiger partial charge on any atom is 0.163 e. The van der Waals surface area contributed by atoms with Crippen LogP contribution in [0.3, 0.4) is 0 Å². The number of nitrogens with two attached hydrogens (primary N) is 1. The number of rotatable bonds is 2. The summed E-state index contributed by atoms with van der Waals surface area (Å²) in [6, 6.07) is 4.51. The van der Waals surface area contributed by atoms with Crippen LogP contribution in [0.4, 0.5) is 11.4 Å². The molecule has 1 heterocycles. The summed E-state index contributed by atoms with van der Waals surface area (Å²) in [7, 11) is 2.12. The van der Waals surface area contributed by atoms with Gasteiger partial charge in [0.05, 0.1) is 11.4 Å². The van der Waals surface area contributed by atoms with Crippen LogP contribution in [0.15, 0.2) is 12.1 Å². The fourth-order valence-corrected chi connectivity index (χ4v) is 2.89. The molecule has 1 saturated carbocycles. The fraction of sp³-hybridized carbons (Fsp3) is 0.571. The number of nitrogens with zero attached hydrogens (tertiary/aromatic N) is 1. The van der Waals surface area contributed by atoms with E-state index in [1.165, 1.54) is 25.7 Å². The van der Waals surface area contributed by atoms with E-state index in [-0.39, 0.29) is 0 Å². The van der Waals surface area contributed by atoms with Crippen molar-refractivity contribution in [3.63, 3.8) is 0 Å². The predicted octanol–water partition coefficient (Wildman–Crippen LogP) is 2.42. The number of fused-ring (bicyclic) bond motifs is 1. The fourth-order valence-electron chi connectivity index (χ4n) is 2.89. The van der Waals surface area contributed by atoms with Gasteiger partial charge < -0.3 is 20.1 Å². The summed E-state index contributed by atoms with van der Waals surface area (Å²) in [4.78, 5) is 2.29. The zero-order valence-electron chi connectivity index (χ0n) is 10.8. The van der Waals surface area contributed by atoms with Crippen molar-refractivity contribution >= 4 is 11.4 Å². The molecule has 0 bridgehead atoms. The largest absolute Gasteiger partial charge is 0.486 e. The van der Waals surface area contributed by atoms with Gasteiger partial charge in [0.2, 0.25) is 0 Å². The zero-order valence-corrected chi connectivity index (χ0v) is 10.8. The highest BCUT2D eigenvalue weighted by atomic mass is 16.6. The zero-order chi connectivity index (χ0) is 12.5. The van der Waals surface area contributed by atoms with Crippen molar-refractivity contribution in [2.45, 2.75) is 31.7 Å². The molecule has 2 aliphatic rings. The first-order valence-corrected chi connectivity index (χ1v) is 6.67. The SMILES string of the molecule is CN(c1cc2c(cc1N)OCCO2)C1CCCC1. The Bertz CT molecular complexity index is 442. The third-order valence-electron chi connectivity index (χ3n) is 3.94. The minimum atomic E-state index is 0.601. The van der Waals surface area contributed by atoms with Crippen molar-refractivity contribution in [2.24, 2.45) is 0 Å². The maximum absolute atomic E-state index is 6.14. The second kappa shape index (κ2) is 4.59. The van der Waals surface area contributed by atoms with E-state index in [0.717, 1.165) is 22.9 Å². The summed E-state index contributed by atoms with van der Waals surface area (Å²) in [6.07, 6.45) is 5.15. The lowest BCUT2D eigenvalue weighted by atomic mass is 10.1. The average Bonchev–Trinajstić information content (AvgIpc) is 2.91. The Balaban J connectivity index is 1.90. The molecule has 3 rings (SSSR count). The van der Waals surface area contributed by atoms with Crippen molar-refractivity contribution in [3.8, 4) is 11.5 Å². The monoisotopic (exact) mass is 248 g/mol. The van der Waals surface area contributed by atoms with Gasteiger partial charge in [-0.1, -0.05) is 12.8 Å². The lowest BCUT2D eigenvalue weighted by molar-refractivity contribution is 0.172. The number of nitrogen functional groups attached to an aromatic ring is 1. The molecule has 2 N–H and O–H groups in total. The smallest absolute Gasteiger partial charge is 0.163 e. The van der Waals surface area contributed by atoms with E-state index in [9.17, 15) is 0 Å². The van der Waals surface area contributed by atoms with Gasteiger partial charge in [-0.25, -0.2) is 0 Å². The summed E-state index contributed by atoms with van der Waals surface area (Å²) in [5.74, 6) is 1.58. The van der Waals surface area contributed by atoms with Crippen molar-refractivity contribution < 1.29 is 9.47 Å². The molecule has 1 aliphatic carbocycles. The Labute approximate surface area is 108 Å². The third-order valence-corrected chi connectivity index (χ3v) is 3.94. The van der Waals surface area contributed by atoms with Crippen LogP contribution in [0, 0.1) is 0 Å². The van der Waals surface area contributed by atoms with E-state index in [4.69, 9.17) is 15.2 Å². The van der Waals surface area contributed by atoms with Crippen molar-refractivity contribution in [1.82, 2.24) is 0 Å². The summed E-state index contributed by atoms with van der Waals surface area (Å²) in [5, 5.41) is 0. The molecule has 0 saturated heterocycles. The van der Waals surface area contributed by atoms with Crippen LogP contribution in [0.25, 0.3) is 0 Å². The quantitative estimate of drug-likeness (QED) is 0.817. The van der Waals surface area contributed by atoms with Gasteiger partial charge in [-0.05, 0) is 12.8 Å². The van der Waals surface area contributed by atoms with Crippen LogP contribution in [0.5, 0.6) is 11.5 Å². The molecule has 0 amide bonds. The molecular weight excluding hydrogens is 228 g/mol. The molecule has 4 heteroatoms. The molecule has 1 fully saturated rings. The molecule has 4 nitrogen and oxygen atoms in total. The van der Waals surface area contributed by atoms with Crippen molar-refractivity contribution in [1.29, 1.82) is 0 Å². The van der Waals surface area contributed by atoms with E-state index in [1.807, 2.05) is 12.1 Å². The Kier molecular flexibility index (Phi) is 2.94. The lowest BCUT2D eigenvalue weighted by Crippen LogP contribution is -2.29. The van der Waals surface area contributed by atoms with Crippen LogP contribution in [0.2, 0.25) is 0 Å². The van der Waals surface area contributed by atoms with Crippen LogP contribution in [-0.4, -0.2) is 26.3 Å².